The Morgan fingerprint density at radius 3 is 2.81 bits per heavy atom. The molecule has 2 heterocycles. The highest BCUT2D eigenvalue weighted by Crippen LogP contribution is 2.67. The summed E-state index contributed by atoms with van der Waals surface area (Å²) in [5, 5.41) is 4.58. The van der Waals surface area contributed by atoms with Crippen LogP contribution in [0.4, 0.5) is 4.39 Å². The van der Waals surface area contributed by atoms with Gasteiger partial charge in [-0.2, -0.15) is 5.10 Å². The second-order valence-corrected chi connectivity index (χ2v) is 8.93. The Hall–Kier alpha value is -3.05. The molecule has 4 nitrogen and oxygen atoms in total. The normalized spacial score (nSPS) is 25.4. The zero-order chi connectivity index (χ0) is 21.2. The molecule has 1 aliphatic heterocycles. The van der Waals surface area contributed by atoms with Gasteiger partial charge in [0.25, 0.3) is 0 Å². The van der Waals surface area contributed by atoms with E-state index in [1.165, 1.54) is 23.3 Å². The Kier molecular flexibility index (Phi) is 3.90. The van der Waals surface area contributed by atoms with Crippen molar-refractivity contribution < 1.29 is 13.9 Å². The summed E-state index contributed by atoms with van der Waals surface area (Å²) in [6, 6.07) is 14.3. The fourth-order valence-corrected chi connectivity index (χ4v) is 5.66. The molecule has 0 N–H and O–H groups in total. The molecule has 1 saturated carbocycles. The lowest BCUT2D eigenvalue weighted by atomic mass is 9.80. The lowest BCUT2D eigenvalue weighted by Gasteiger charge is -2.20. The summed E-state index contributed by atoms with van der Waals surface area (Å²) in [4.78, 5) is 12.0. The van der Waals surface area contributed by atoms with Gasteiger partial charge in [-0.25, -0.2) is 9.07 Å². The number of fused-ring (bicyclic) bond motifs is 1. The average Bonchev–Trinajstić information content (AvgIpc) is 3.05. The standard InChI is InChI=1S/C26H23FN2O2/c1-17(30)23-5-3-2-4-18(23)10-12-25-13-11-20-14-24-19(15-26(20,25)31-25)16-28-29(24)22-8-6-21(27)7-9-22/h2-9,14,16H,10-13,15H2,1H3/t25-,26?/m0/s1. The van der Waals surface area contributed by atoms with Crippen molar-refractivity contribution in [1.29, 1.82) is 0 Å². The molecule has 3 aromatic rings. The number of Topliss-reactive ketones (excluding diaryl/α,β-unsaturated/α-hetero) is 1. The van der Waals surface area contributed by atoms with Gasteiger partial charge in [0.1, 0.15) is 17.0 Å². The number of aryl methyl sites for hydroxylation is 1. The molecule has 31 heavy (non-hydrogen) atoms. The summed E-state index contributed by atoms with van der Waals surface area (Å²) in [5.74, 6) is -0.137. The molecule has 1 saturated heterocycles. The van der Waals surface area contributed by atoms with Crippen molar-refractivity contribution >= 4 is 11.9 Å². The molecule has 2 aromatic carbocycles. The van der Waals surface area contributed by atoms with E-state index in [2.05, 4.69) is 17.2 Å². The van der Waals surface area contributed by atoms with Crippen LogP contribution in [0.3, 0.4) is 0 Å². The van der Waals surface area contributed by atoms with E-state index in [1.54, 1.807) is 19.1 Å². The lowest BCUT2D eigenvalue weighted by molar-refractivity contribution is 0.101. The van der Waals surface area contributed by atoms with Gasteiger partial charge in [-0.1, -0.05) is 24.3 Å². The number of carbonyl (C=O) groups is 1. The summed E-state index contributed by atoms with van der Waals surface area (Å²) < 4.78 is 21.7. The highest BCUT2D eigenvalue weighted by atomic mass is 19.1. The number of benzene rings is 2. The van der Waals surface area contributed by atoms with Crippen LogP contribution in [0, 0.1) is 5.82 Å². The number of ether oxygens (including phenoxy) is 1. The summed E-state index contributed by atoms with van der Waals surface area (Å²) in [6.45, 7) is 1.63. The molecule has 1 spiro atoms. The molecule has 1 unspecified atom stereocenters. The van der Waals surface area contributed by atoms with Crippen molar-refractivity contribution in [1.82, 2.24) is 9.78 Å². The monoisotopic (exact) mass is 414 g/mol. The van der Waals surface area contributed by atoms with Crippen LogP contribution in [0.15, 0.2) is 60.3 Å². The predicted octanol–water partition coefficient (Wildman–Crippen LogP) is 5.09. The number of carbonyl (C=O) groups excluding carboxylic acids is 1. The lowest BCUT2D eigenvalue weighted by Crippen LogP contribution is -2.27. The molecule has 6 rings (SSSR count). The fourth-order valence-electron chi connectivity index (χ4n) is 5.66. The Labute approximate surface area is 180 Å². The third-order valence-electron chi connectivity index (χ3n) is 7.28. The van der Waals surface area contributed by atoms with Gasteiger partial charge in [0.15, 0.2) is 5.78 Å². The first-order valence-electron chi connectivity index (χ1n) is 10.8. The maximum atomic E-state index is 13.3. The summed E-state index contributed by atoms with van der Waals surface area (Å²) in [6.07, 6.45) is 8.74. The first-order chi connectivity index (χ1) is 15.0. The summed E-state index contributed by atoms with van der Waals surface area (Å²) in [7, 11) is 0. The number of aromatic nitrogens is 2. The van der Waals surface area contributed by atoms with Gasteiger partial charge in [-0.15, -0.1) is 0 Å². The highest BCUT2D eigenvalue weighted by Gasteiger charge is 2.74. The number of rotatable bonds is 5. The van der Waals surface area contributed by atoms with Crippen LogP contribution in [0.1, 0.15) is 53.4 Å². The van der Waals surface area contributed by atoms with E-state index in [0.29, 0.717) is 0 Å². The molecule has 2 aliphatic carbocycles. The molecule has 0 bridgehead atoms. The van der Waals surface area contributed by atoms with Crippen molar-refractivity contribution in [2.45, 2.75) is 50.2 Å². The largest absolute Gasteiger partial charge is 0.357 e. The van der Waals surface area contributed by atoms with E-state index in [9.17, 15) is 9.18 Å². The Morgan fingerprint density at radius 1 is 1.19 bits per heavy atom. The van der Waals surface area contributed by atoms with Crippen LogP contribution in [-0.2, 0) is 17.6 Å². The smallest absolute Gasteiger partial charge is 0.160 e. The topological polar surface area (TPSA) is 47.4 Å². The van der Waals surface area contributed by atoms with Crippen molar-refractivity contribution in [2.75, 3.05) is 0 Å². The molecule has 1 aromatic heterocycles. The quantitative estimate of drug-likeness (QED) is 0.432. The molecular weight excluding hydrogens is 391 g/mol. The minimum absolute atomic E-state index is 0.113. The van der Waals surface area contributed by atoms with Crippen molar-refractivity contribution in [3.63, 3.8) is 0 Å². The van der Waals surface area contributed by atoms with E-state index >= 15 is 0 Å². The molecule has 2 atom stereocenters. The Bertz CT molecular complexity index is 1240. The molecule has 0 radical (unpaired) electrons. The van der Waals surface area contributed by atoms with E-state index in [1.807, 2.05) is 29.1 Å². The van der Waals surface area contributed by atoms with Gasteiger partial charge < -0.3 is 4.74 Å². The fraction of sp³-hybridized carbons (Fsp3) is 0.308. The Balaban J connectivity index is 1.27. The first-order valence-corrected chi connectivity index (χ1v) is 10.8. The first kappa shape index (κ1) is 18.7. The number of ketones is 1. The van der Waals surface area contributed by atoms with Gasteiger partial charge >= 0.3 is 0 Å². The van der Waals surface area contributed by atoms with Crippen molar-refractivity contribution in [2.24, 2.45) is 0 Å². The van der Waals surface area contributed by atoms with Crippen LogP contribution in [0.25, 0.3) is 11.8 Å². The predicted molar refractivity (Wildman–Crippen MR) is 116 cm³/mol. The molecule has 5 heteroatoms. The second-order valence-electron chi connectivity index (χ2n) is 8.93. The molecule has 156 valence electrons. The van der Waals surface area contributed by atoms with Crippen molar-refractivity contribution in [3.8, 4) is 5.69 Å². The van der Waals surface area contributed by atoms with Crippen LogP contribution in [0.2, 0.25) is 0 Å². The number of nitrogens with zero attached hydrogens (tertiary/aromatic N) is 2. The maximum Gasteiger partial charge on any atom is 0.160 e. The number of epoxide rings is 1. The molecule has 3 aliphatic rings. The third kappa shape index (κ3) is 2.69. The number of hydrogen-bond donors (Lipinski definition) is 0. The van der Waals surface area contributed by atoms with Crippen molar-refractivity contribution in [3.05, 3.63) is 88.5 Å². The molecule has 2 fully saturated rings. The zero-order valence-electron chi connectivity index (χ0n) is 17.4. The van der Waals surface area contributed by atoms with Gasteiger partial charge in [0, 0.05) is 17.5 Å². The van der Waals surface area contributed by atoms with E-state index < -0.39 is 0 Å². The minimum Gasteiger partial charge on any atom is -0.357 e. The maximum absolute atomic E-state index is 13.3. The van der Waals surface area contributed by atoms with Crippen LogP contribution >= 0.6 is 0 Å². The van der Waals surface area contributed by atoms with Crippen LogP contribution < -0.4 is 0 Å². The third-order valence-corrected chi connectivity index (χ3v) is 7.28. The van der Waals surface area contributed by atoms with Crippen LogP contribution in [-0.4, -0.2) is 26.8 Å². The highest BCUT2D eigenvalue weighted by molar-refractivity contribution is 5.95. The van der Waals surface area contributed by atoms with E-state index in [-0.39, 0.29) is 22.8 Å². The van der Waals surface area contributed by atoms with Gasteiger partial charge in [0.05, 0.1) is 17.6 Å². The Morgan fingerprint density at radius 2 is 2.00 bits per heavy atom. The van der Waals surface area contributed by atoms with Crippen LogP contribution in [0.5, 0.6) is 0 Å². The molecular formula is C26H23FN2O2. The summed E-state index contributed by atoms with van der Waals surface area (Å²) in [5.41, 5.74) is 5.99. The summed E-state index contributed by atoms with van der Waals surface area (Å²) >= 11 is 0. The van der Waals surface area contributed by atoms with Gasteiger partial charge in [0.2, 0.25) is 0 Å². The van der Waals surface area contributed by atoms with Gasteiger partial charge in [-0.3, -0.25) is 4.79 Å². The average molecular weight is 414 g/mol. The number of hydrogen-bond acceptors (Lipinski definition) is 3. The number of halogens is 1. The van der Waals surface area contributed by atoms with E-state index in [0.717, 1.165) is 54.6 Å². The zero-order valence-corrected chi connectivity index (χ0v) is 17.4. The van der Waals surface area contributed by atoms with E-state index in [4.69, 9.17) is 4.74 Å². The minimum atomic E-state index is -0.250. The SMILES string of the molecule is CC(=O)c1ccccc1CC[C@]12CCC3=Cc4c(cnn4-c4ccc(F)cc4)CC31O2. The second kappa shape index (κ2) is 6.47. The van der Waals surface area contributed by atoms with Gasteiger partial charge in [-0.05, 0) is 74.1 Å². The molecule has 0 amide bonds.